The molecule has 1 amide bonds. The van der Waals surface area contributed by atoms with E-state index in [9.17, 15) is 4.79 Å². The van der Waals surface area contributed by atoms with E-state index in [2.05, 4.69) is 20.6 Å². The molecule has 0 bridgehead atoms. The minimum atomic E-state index is -0.314. The van der Waals surface area contributed by atoms with Crippen molar-refractivity contribution < 1.29 is 9.53 Å². The maximum atomic E-state index is 12.4. The number of aromatic nitrogens is 2. The van der Waals surface area contributed by atoms with E-state index in [1.54, 1.807) is 31.4 Å². The number of anilines is 2. The number of methoxy groups -OCH3 is 1. The summed E-state index contributed by atoms with van der Waals surface area (Å²) in [6.07, 6.45) is 2.18. The standard InChI is InChI=1S/C20H19ClN4O2/c1-27-17-4-2-3-16(11-17)25-20(26)18-12-19(24-13-23-18)22-10-9-14-5-7-15(21)8-6-14/h2-8,11-13H,9-10H2,1H3,(H,25,26)(H,22,23,24). The molecule has 0 saturated heterocycles. The smallest absolute Gasteiger partial charge is 0.274 e. The average Bonchev–Trinajstić information content (AvgIpc) is 2.70. The van der Waals surface area contributed by atoms with E-state index < -0.39 is 0 Å². The molecular weight excluding hydrogens is 364 g/mol. The Bertz CT molecular complexity index is 916. The van der Waals surface area contributed by atoms with Crippen LogP contribution in [0, 0.1) is 0 Å². The maximum Gasteiger partial charge on any atom is 0.274 e. The third-order valence-corrected chi connectivity index (χ3v) is 4.11. The van der Waals surface area contributed by atoms with Crippen LogP contribution in [0.4, 0.5) is 11.5 Å². The summed E-state index contributed by atoms with van der Waals surface area (Å²) in [5.41, 5.74) is 2.08. The molecule has 3 rings (SSSR count). The van der Waals surface area contributed by atoms with Crippen LogP contribution in [-0.2, 0) is 6.42 Å². The lowest BCUT2D eigenvalue weighted by Crippen LogP contribution is -2.15. The predicted molar refractivity (Wildman–Crippen MR) is 107 cm³/mol. The van der Waals surface area contributed by atoms with Gasteiger partial charge in [-0.2, -0.15) is 0 Å². The summed E-state index contributed by atoms with van der Waals surface area (Å²) in [7, 11) is 1.58. The van der Waals surface area contributed by atoms with Crippen molar-refractivity contribution in [3.8, 4) is 5.75 Å². The SMILES string of the molecule is COc1cccc(NC(=O)c2cc(NCCc3ccc(Cl)cc3)ncn2)c1. The highest BCUT2D eigenvalue weighted by Gasteiger charge is 2.09. The zero-order chi connectivity index (χ0) is 19.1. The van der Waals surface area contributed by atoms with Gasteiger partial charge < -0.3 is 15.4 Å². The predicted octanol–water partition coefficient (Wildman–Crippen LogP) is 4.05. The van der Waals surface area contributed by atoms with Crippen molar-refractivity contribution in [1.29, 1.82) is 0 Å². The molecule has 1 heterocycles. The molecule has 2 N–H and O–H groups in total. The molecule has 0 radical (unpaired) electrons. The summed E-state index contributed by atoms with van der Waals surface area (Å²) in [4.78, 5) is 20.6. The van der Waals surface area contributed by atoms with Crippen LogP contribution in [0.5, 0.6) is 5.75 Å². The van der Waals surface area contributed by atoms with Crippen LogP contribution in [0.25, 0.3) is 0 Å². The van der Waals surface area contributed by atoms with Crippen LogP contribution in [0.3, 0.4) is 0 Å². The van der Waals surface area contributed by atoms with Gasteiger partial charge in [-0.15, -0.1) is 0 Å². The number of rotatable bonds is 7. The van der Waals surface area contributed by atoms with E-state index in [4.69, 9.17) is 16.3 Å². The number of hydrogen-bond acceptors (Lipinski definition) is 5. The largest absolute Gasteiger partial charge is 0.497 e. The van der Waals surface area contributed by atoms with Crippen molar-refractivity contribution in [3.63, 3.8) is 0 Å². The number of amides is 1. The van der Waals surface area contributed by atoms with Gasteiger partial charge in [0.25, 0.3) is 5.91 Å². The highest BCUT2D eigenvalue weighted by atomic mass is 35.5. The van der Waals surface area contributed by atoms with Crippen molar-refractivity contribution in [2.75, 3.05) is 24.3 Å². The van der Waals surface area contributed by atoms with Gasteiger partial charge in [-0.1, -0.05) is 29.8 Å². The highest BCUT2D eigenvalue weighted by Crippen LogP contribution is 2.17. The van der Waals surface area contributed by atoms with Crippen molar-refractivity contribution in [3.05, 3.63) is 77.2 Å². The van der Waals surface area contributed by atoms with Crippen LogP contribution in [-0.4, -0.2) is 29.5 Å². The number of carbonyl (C=O) groups excluding carboxylic acids is 1. The molecule has 1 aromatic heterocycles. The van der Waals surface area contributed by atoms with E-state index in [1.807, 2.05) is 30.3 Å². The first kappa shape index (κ1) is 18.7. The first-order chi connectivity index (χ1) is 13.1. The average molecular weight is 383 g/mol. The first-order valence-electron chi connectivity index (χ1n) is 8.40. The second kappa shape index (κ2) is 9.00. The molecule has 0 aliphatic rings. The number of benzene rings is 2. The van der Waals surface area contributed by atoms with Crippen molar-refractivity contribution in [2.45, 2.75) is 6.42 Å². The molecule has 0 aliphatic carbocycles. The van der Waals surface area contributed by atoms with Crippen LogP contribution in [0.1, 0.15) is 16.1 Å². The second-order valence-corrected chi connectivity index (χ2v) is 6.21. The first-order valence-corrected chi connectivity index (χ1v) is 8.77. The minimum absolute atomic E-state index is 0.279. The van der Waals surface area contributed by atoms with Crippen LogP contribution < -0.4 is 15.4 Å². The molecule has 7 heteroatoms. The fourth-order valence-electron chi connectivity index (χ4n) is 2.46. The van der Waals surface area contributed by atoms with Crippen LogP contribution in [0.2, 0.25) is 5.02 Å². The van der Waals surface area contributed by atoms with E-state index in [1.165, 1.54) is 6.33 Å². The summed E-state index contributed by atoms with van der Waals surface area (Å²) in [6.45, 7) is 0.676. The van der Waals surface area contributed by atoms with Gasteiger partial charge in [0.05, 0.1) is 7.11 Å². The van der Waals surface area contributed by atoms with Crippen LogP contribution >= 0.6 is 11.6 Å². The summed E-state index contributed by atoms with van der Waals surface area (Å²) in [5.74, 6) is 0.946. The zero-order valence-corrected chi connectivity index (χ0v) is 15.5. The molecule has 0 aliphatic heterocycles. The van der Waals surface area contributed by atoms with E-state index in [0.717, 1.165) is 12.0 Å². The summed E-state index contributed by atoms with van der Waals surface area (Å²) in [6, 6.07) is 16.5. The van der Waals surface area contributed by atoms with Crippen molar-refractivity contribution in [1.82, 2.24) is 9.97 Å². The van der Waals surface area contributed by atoms with E-state index in [0.29, 0.717) is 28.8 Å². The third-order valence-electron chi connectivity index (χ3n) is 3.86. The third kappa shape index (κ3) is 5.43. The number of nitrogens with one attached hydrogen (secondary N) is 2. The Hall–Kier alpha value is -3.12. The quantitative estimate of drug-likeness (QED) is 0.644. The molecule has 2 aromatic carbocycles. The normalized spacial score (nSPS) is 10.3. The molecule has 0 spiro atoms. The Morgan fingerprint density at radius 3 is 2.70 bits per heavy atom. The Labute approximate surface area is 162 Å². The number of ether oxygens (including phenoxy) is 1. The van der Waals surface area contributed by atoms with E-state index in [-0.39, 0.29) is 11.6 Å². The van der Waals surface area contributed by atoms with Gasteiger partial charge in [-0.3, -0.25) is 4.79 Å². The Morgan fingerprint density at radius 2 is 1.93 bits per heavy atom. The van der Waals surface area contributed by atoms with Gasteiger partial charge in [0.1, 0.15) is 23.6 Å². The topological polar surface area (TPSA) is 76.1 Å². The molecule has 138 valence electrons. The molecule has 3 aromatic rings. The number of halogens is 1. The number of nitrogens with zero attached hydrogens (tertiary/aromatic N) is 2. The monoisotopic (exact) mass is 382 g/mol. The van der Waals surface area contributed by atoms with Gasteiger partial charge in [0.15, 0.2) is 0 Å². The lowest BCUT2D eigenvalue weighted by atomic mass is 10.1. The van der Waals surface area contributed by atoms with Crippen molar-refractivity contribution in [2.24, 2.45) is 0 Å². The fraction of sp³-hybridized carbons (Fsp3) is 0.150. The van der Waals surface area contributed by atoms with Gasteiger partial charge >= 0.3 is 0 Å². The number of carbonyl (C=O) groups is 1. The lowest BCUT2D eigenvalue weighted by Gasteiger charge is -2.09. The Kier molecular flexibility index (Phi) is 6.22. The van der Waals surface area contributed by atoms with Crippen LogP contribution in [0.15, 0.2) is 60.9 Å². The molecule has 0 unspecified atom stereocenters. The molecule has 0 atom stereocenters. The summed E-state index contributed by atoms with van der Waals surface area (Å²) >= 11 is 5.89. The molecule has 6 nitrogen and oxygen atoms in total. The van der Waals surface area contributed by atoms with Gasteiger partial charge in [0.2, 0.25) is 0 Å². The van der Waals surface area contributed by atoms with Gasteiger partial charge in [0, 0.05) is 29.4 Å². The zero-order valence-electron chi connectivity index (χ0n) is 14.8. The maximum absolute atomic E-state index is 12.4. The summed E-state index contributed by atoms with van der Waals surface area (Å²) < 4.78 is 5.15. The highest BCUT2D eigenvalue weighted by molar-refractivity contribution is 6.30. The molecule has 0 fully saturated rings. The Balaban J connectivity index is 1.58. The van der Waals surface area contributed by atoms with Gasteiger partial charge in [-0.25, -0.2) is 9.97 Å². The lowest BCUT2D eigenvalue weighted by molar-refractivity contribution is 0.102. The Morgan fingerprint density at radius 1 is 1.11 bits per heavy atom. The van der Waals surface area contributed by atoms with Gasteiger partial charge in [-0.05, 0) is 36.2 Å². The summed E-state index contributed by atoms with van der Waals surface area (Å²) in [5, 5.41) is 6.72. The second-order valence-electron chi connectivity index (χ2n) is 5.78. The molecular formula is C20H19ClN4O2. The number of hydrogen-bond donors (Lipinski definition) is 2. The minimum Gasteiger partial charge on any atom is -0.497 e. The molecule has 0 saturated carbocycles. The van der Waals surface area contributed by atoms with E-state index >= 15 is 0 Å². The van der Waals surface area contributed by atoms with Crippen molar-refractivity contribution >= 4 is 29.0 Å². The fourth-order valence-corrected chi connectivity index (χ4v) is 2.59. The molecule has 27 heavy (non-hydrogen) atoms.